The average Bonchev–Trinajstić information content (AvgIpc) is 3.25. The molecule has 0 N–H and O–H groups in total. The highest BCUT2D eigenvalue weighted by atomic mass is 35.5. The van der Waals surface area contributed by atoms with Gasteiger partial charge in [0.15, 0.2) is 11.6 Å². The molecule has 0 aliphatic carbocycles. The molecule has 4 rings (SSSR count). The van der Waals surface area contributed by atoms with Crippen LogP contribution in [0.15, 0.2) is 53.1 Å². The molecule has 5 nitrogen and oxygen atoms in total. The molecule has 1 amide bonds. The van der Waals surface area contributed by atoms with Gasteiger partial charge in [-0.25, -0.2) is 4.39 Å². The molecular formula is C18H13ClFN3O2. The molecule has 3 aromatic rings. The number of carbonyl (C=O) groups excluding carboxylic acids is 1. The average molecular weight is 358 g/mol. The van der Waals surface area contributed by atoms with Crippen LogP contribution in [0.4, 0.5) is 10.1 Å². The summed E-state index contributed by atoms with van der Waals surface area (Å²) in [5.74, 6) is -0.215. The van der Waals surface area contributed by atoms with Gasteiger partial charge in [0.05, 0.1) is 10.7 Å². The van der Waals surface area contributed by atoms with Crippen molar-refractivity contribution in [3.05, 3.63) is 65.2 Å². The summed E-state index contributed by atoms with van der Waals surface area (Å²) >= 11 is 5.81. The van der Waals surface area contributed by atoms with Gasteiger partial charge >= 0.3 is 0 Å². The second-order valence-electron chi connectivity index (χ2n) is 5.80. The van der Waals surface area contributed by atoms with Gasteiger partial charge < -0.3 is 9.42 Å². The molecule has 1 atom stereocenters. The Kier molecular flexibility index (Phi) is 3.97. The highest BCUT2D eigenvalue weighted by molar-refractivity contribution is 6.31. The fraction of sp³-hybridized carbons (Fsp3) is 0.167. The van der Waals surface area contributed by atoms with E-state index in [9.17, 15) is 9.18 Å². The number of rotatable bonds is 3. The summed E-state index contributed by atoms with van der Waals surface area (Å²) in [7, 11) is 0. The highest BCUT2D eigenvalue weighted by Gasteiger charge is 2.36. The fourth-order valence-electron chi connectivity index (χ4n) is 2.91. The predicted octanol–water partition coefficient (Wildman–Crippen LogP) is 4.05. The minimum atomic E-state index is -0.601. The lowest BCUT2D eigenvalue weighted by atomic mass is 10.1. The van der Waals surface area contributed by atoms with Crippen molar-refractivity contribution in [1.29, 1.82) is 0 Å². The molecule has 0 saturated carbocycles. The molecule has 0 spiro atoms. The third-order valence-corrected chi connectivity index (χ3v) is 4.47. The van der Waals surface area contributed by atoms with Crippen LogP contribution in [0.3, 0.4) is 0 Å². The smallest absolute Gasteiger partial charge is 0.257 e. The van der Waals surface area contributed by atoms with E-state index in [2.05, 4.69) is 10.1 Å². The van der Waals surface area contributed by atoms with Gasteiger partial charge in [0, 0.05) is 24.4 Å². The molecular weight excluding hydrogens is 345 g/mol. The van der Waals surface area contributed by atoms with Crippen molar-refractivity contribution in [2.45, 2.75) is 12.3 Å². The minimum absolute atomic E-state index is 0.0142. The fourth-order valence-corrected chi connectivity index (χ4v) is 3.08. The summed E-state index contributed by atoms with van der Waals surface area (Å²) in [5, 5.41) is 3.98. The first-order valence-electron chi connectivity index (χ1n) is 7.77. The van der Waals surface area contributed by atoms with Crippen LogP contribution >= 0.6 is 11.6 Å². The van der Waals surface area contributed by atoms with Gasteiger partial charge in [-0.3, -0.25) is 4.79 Å². The predicted molar refractivity (Wildman–Crippen MR) is 90.9 cm³/mol. The second-order valence-corrected chi connectivity index (χ2v) is 6.21. The summed E-state index contributed by atoms with van der Waals surface area (Å²) in [4.78, 5) is 18.1. The molecule has 1 aromatic heterocycles. The molecule has 25 heavy (non-hydrogen) atoms. The Morgan fingerprint density at radius 2 is 1.96 bits per heavy atom. The lowest BCUT2D eigenvalue weighted by molar-refractivity contribution is -0.117. The summed E-state index contributed by atoms with van der Waals surface area (Å²) < 4.78 is 19.5. The van der Waals surface area contributed by atoms with Crippen LogP contribution in [0.5, 0.6) is 0 Å². The number of carbonyl (C=O) groups is 1. The molecule has 1 saturated heterocycles. The normalized spacial score (nSPS) is 17.3. The third kappa shape index (κ3) is 2.89. The van der Waals surface area contributed by atoms with Gasteiger partial charge in [0.25, 0.3) is 5.89 Å². The van der Waals surface area contributed by atoms with E-state index in [1.54, 1.807) is 6.07 Å². The van der Waals surface area contributed by atoms with E-state index in [0.29, 0.717) is 11.7 Å². The Morgan fingerprint density at radius 3 is 2.76 bits per heavy atom. The third-order valence-electron chi connectivity index (χ3n) is 4.17. The van der Waals surface area contributed by atoms with Gasteiger partial charge in [-0.05, 0) is 24.3 Å². The van der Waals surface area contributed by atoms with Crippen LogP contribution < -0.4 is 4.90 Å². The van der Waals surface area contributed by atoms with E-state index in [1.807, 2.05) is 30.3 Å². The number of anilines is 1. The van der Waals surface area contributed by atoms with Crippen LogP contribution in [-0.4, -0.2) is 22.6 Å². The lowest BCUT2D eigenvalue weighted by Crippen LogP contribution is -2.25. The van der Waals surface area contributed by atoms with Crippen LogP contribution in [0.25, 0.3) is 11.5 Å². The topological polar surface area (TPSA) is 59.2 Å². The van der Waals surface area contributed by atoms with E-state index in [0.717, 1.165) is 5.56 Å². The van der Waals surface area contributed by atoms with Gasteiger partial charge in [-0.2, -0.15) is 4.98 Å². The van der Waals surface area contributed by atoms with Gasteiger partial charge in [-0.15, -0.1) is 0 Å². The number of amides is 1. The largest absolute Gasteiger partial charge is 0.334 e. The van der Waals surface area contributed by atoms with Crippen molar-refractivity contribution in [2.75, 3.05) is 11.4 Å². The number of nitrogens with zero attached hydrogens (tertiary/aromatic N) is 3. The van der Waals surface area contributed by atoms with E-state index in [-0.39, 0.29) is 35.5 Å². The van der Waals surface area contributed by atoms with E-state index >= 15 is 0 Å². The molecule has 1 unspecified atom stereocenters. The quantitative estimate of drug-likeness (QED) is 0.709. The van der Waals surface area contributed by atoms with Crippen LogP contribution in [0, 0.1) is 5.82 Å². The molecule has 2 heterocycles. The number of hydrogen-bond donors (Lipinski definition) is 0. The first-order chi connectivity index (χ1) is 12.1. The van der Waals surface area contributed by atoms with Crippen LogP contribution in [-0.2, 0) is 4.79 Å². The summed E-state index contributed by atoms with van der Waals surface area (Å²) in [6.07, 6.45) is 0.194. The Morgan fingerprint density at radius 1 is 1.16 bits per heavy atom. The Balaban J connectivity index is 1.59. The SMILES string of the molecule is O=C1CC(c2noc(-c3ccccc3)n2)CN1c1cccc(Cl)c1F. The maximum atomic E-state index is 14.2. The van der Waals surface area contributed by atoms with Crippen molar-refractivity contribution < 1.29 is 13.7 Å². The Hall–Kier alpha value is -2.73. The van der Waals surface area contributed by atoms with Crippen molar-refractivity contribution in [3.63, 3.8) is 0 Å². The van der Waals surface area contributed by atoms with Crippen LogP contribution in [0.1, 0.15) is 18.2 Å². The lowest BCUT2D eigenvalue weighted by Gasteiger charge is -2.17. The standard InChI is InChI=1S/C18H13ClFN3O2/c19-13-7-4-8-14(16(13)20)23-10-12(9-15(23)24)17-21-18(25-22-17)11-5-2-1-3-6-11/h1-8,12H,9-10H2. The summed E-state index contributed by atoms with van der Waals surface area (Å²) in [5.41, 5.74) is 0.982. The Bertz CT molecular complexity index is 929. The Labute approximate surface area is 148 Å². The second kappa shape index (κ2) is 6.29. The highest BCUT2D eigenvalue weighted by Crippen LogP contribution is 2.34. The molecule has 126 valence electrons. The zero-order valence-corrected chi connectivity index (χ0v) is 13.8. The van der Waals surface area contributed by atoms with E-state index < -0.39 is 5.82 Å². The molecule has 0 bridgehead atoms. The van der Waals surface area contributed by atoms with Gasteiger partial charge in [-0.1, -0.05) is 41.0 Å². The first-order valence-corrected chi connectivity index (χ1v) is 8.14. The molecule has 1 aliphatic rings. The zero-order valence-electron chi connectivity index (χ0n) is 13.0. The molecule has 7 heteroatoms. The number of benzene rings is 2. The number of halogens is 2. The number of aromatic nitrogens is 2. The maximum absolute atomic E-state index is 14.2. The van der Waals surface area contributed by atoms with Crippen LogP contribution in [0.2, 0.25) is 5.02 Å². The van der Waals surface area contributed by atoms with E-state index in [1.165, 1.54) is 17.0 Å². The van der Waals surface area contributed by atoms with Gasteiger partial charge in [0.2, 0.25) is 5.91 Å². The van der Waals surface area contributed by atoms with Gasteiger partial charge in [0.1, 0.15) is 0 Å². The monoisotopic (exact) mass is 357 g/mol. The van der Waals surface area contributed by atoms with Crippen molar-refractivity contribution >= 4 is 23.2 Å². The minimum Gasteiger partial charge on any atom is -0.334 e. The van der Waals surface area contributed by atoms with Crippen molar-refractivity contribution in [2.24, 2.45) is 0 Å². The molecule has 0 radical (unpaired) electrons. The summed E-state index contributed by atoms with van der Waals surface area (Å²) in [6, 6.07) is 14.0. The number of hydrogen-bond acceptors (Lipinski definition) is 4. The zero-order chi connectivity index (χ0) is 17.4. The summed E-state index contributed by atoms with van der Waals surface area (Å²) in [6.45, 7) is 0.282. The molecule has 1 fully saturated rings. The van der Waals surface area contributed by atoms with E-state index in [4.69, 9.17) is 16.1 Å². The molecule has 2 aromatic carbocycles. The molecule has 1 aliphatic heterocycles. The van der Waals surface area contributed by atoms with Crippen molar-refractivity contribution in [3.8, 4) is 11.5 Å². The first kappa shape index (κ1) is 15.8. The van der Waals surface area contributed by atoms with Crippen molar-refractivity contribution in [1.82, 2.24) is 10.1 Å². The maximum Gasteiger partial charge on any atom is 0.257 e.